The van der Waals surface area contributed by atoms with E-state index in [1.165, 1.54) is 19.2 Å². The van der Waals surface area contributed by atoms with Crippen LogP contribution in [0.5, 0.6) is 0 Å². The van der Waals surface area contributed by atoms with Crippen LogP contribution in [-0.2, 0) is 4.74 Å². The molecule has 0 aromatic carbocycles. The highest BCUT2D eigenvalue weighted by atomic mass is 19.4. The standard InChI is InChI=1S/C10H12F3N3O2/c1-18-9(17)7-3-4-8(16-15-7)14-6-2-5-10(11,12)13/h3-4H,2,5-6H2,1H3,(H,14,16). The maximum Gasteiger partial charge on any atom is 0.389 e. The van der Waals surface area contributed by atoms with Gasteiger partial charge in [0.15, 0.2) is 5.69 Å². The summed E-state index contributed by atoms with van der Waals surface area (Å²) in [5, 5.41) is 9.88. The van der Waals surface area contributed by atoms with Gasteiger partial charge in [-0.25, -0.2) is 4.79 Å². The Morgan fingerprint density at radius 1 is 1.39 bits per heavy atom. The summed E-state index contributed by atoms with van der Waals surface area (Å²) in [5.74, 6) is -0.309. The molecule has 100 valence electrons. The molecule has 1 N–H and O–H groups in total. The molecule has 0 amide bonds. The Bertz CT molecular complexity index is 392. The monoisotopic (exact) mass is 263 g/mol. The van der Waals surface area contributed by atoms with Crippen LogP contribution < -0.4 is 5.32 Å². The number of nitrogens with zero attached hydrogens (tertiary/aromatic N) is 2. The molecule has 0 unspecified atom stereocenters. The van der Waals surface area contributed by atoms with Crippen LogP contribution in [0, 0.1) is 0 Å². The van der Waals surface area contributed by atoms with E-state index in [2.05, 4.69) is 20.3 Å². The van der Waals surface area contributed by atoms with Crippen molar-refractivity contribution < 1.29 is 22.7 Å². The number of anilines is 1. The first-order valence-corrected chi connectivity index (χ1v) is 5.15. The fourth-order valence-corrected chi connectivity index (χ4v) is 1.15. The number of hydrogen-bond donors (Lipinski definition) is 1. The molecular formula is C10H12F3N3O2. The van der Waals surface area contributed by atoms with E-state index in [4.69, 9.17) is 0 Å². The minimum Gasteiger partial charge on any atom is -0.464 e. The molecule has 5 nitrogen and oxygen atoms in total. The van der Waals surface area contributed by atoms with Gasteiger partial charge in [-0.1, -0.05) is 0 Å². The largest absolute Gasteiger partial charge is 0.464 e. The van der Waals surface area contributed by atoms with Crippen molar-refractivity contribution in [2.24, 2.45) is 0 Å². The summed E-state index contributed by atoms with van der Waals surface area (Å²) >= 11 is 0. The predicted molar refractivity (Wildman–Crippen MR) is 57.2 cm³/mol. The molecule has 1 heterocycles. The lowest BCUT2D eigenvalue weighted by Gasteiger charge is -2.07. The molecule has 0 fully saturated rings. The number of halogens is 3. The Morgan fingerprint density at radius 3 is 2.61 bits per heavy atom. The zero-order valence-corrected chi connectivity index (χ0v) is 9.62. The molecule has 18 heavy (non-hydrogen) atoms. The summed E-state index contributed by atoms with van der Waals surface area (Å²) in [4.78, 5) is 11.0. The molecule has 0 aliphatic rings. The molecular weight excluding hydrogens is 251 g/mol. The van der Waals surface area contributed by atoms with Gasteiger partial charge >= 0.3 is 12.1 Å². The maximum atomic E-state index is 11.9. The first-order valence-electron chi connectivity index (χ1n) is 5.15. The van der Waals surface area contributed by atoms with Gasteiger partial charge in [-0.05, 0) is 18.6 Å². The molecule has 0 bridgehead atoms. The van der Waals surface area contributed by atoms with E-state index in [1.54, 1.807) is 0 Å². The topological polar surface area (TPSA) is 64.1 Å². The molecule has 0 spiro atoms. The SMILES string of the molecule is COC(=O)c1ccc(NCCCC(F)(F)F)nn1. The van der Waals surface area contributed by atoms with Crippen molar-refractivity contribution in [3.05, 3.63) is 17.8 Å². The Kier molecular flexibility index (Phi) is 4.87. The van der Waals surface area contributed by atoms with Crippen LogP contribution in [0.4, 0.5) is 19.0 Å². The number of carbonyl (C=O) groups is 1. The van der Waals surface area contributed by atoms with E-state index in [0.717, 1.165) is 0 Å². The van der Waals surface area contributed by atoms with Crippen molar-refractivity contribution in [2.45, 2.75) is 19.0 Å². The van der Waals surface area contributed by atoms with Gasteiger partial charge in [0.2, 0.25) is 0 Å². The number of rotatable bonds is 5. The van der Waals surface area contributed by atoms with Crippen LogP contribution in [0.2, 0.25) is 0 Å². The van der Waals surface area contributed by atoms with Crippen LogP contribution in [0.1, 0.15) is 23.3 Å². The highest BCUT2D eigenvalue weighted by Crippen LogP contribution is 2.21. The van der Waals surface area contributed by atoms with Crippen LogP contribution in [0.25, 0.3) is 0 Å². The van der Waals surface area contributed by atoms with E-state index >= 15 is 0 Å². The van der Waals surface area contributed by atoms with Gasteiger partial charge < -0.3 is 10.1 Å². The summed E-state index contributed by atoms with van der Waals surface area (Å²) in [7, 11) is 1.22. The highest BCUT2D eigenvalue weighted by Gasteiger charge is 2.25. The zero-order chi connectivity index (χ0) is 13.6. The number of carbonyl (C=O) groups excluding carboxylic acids is 1. The third-order valence-corrected chi connectivity index (χ3v) is 2.00. The number of nitrogens with one attached hydrogen (secondary N) is 1. The van der Waals surface area contributed by atoms with E-state index in [0.29, 0.717) is 5.82 Å². The molecule has 0 aliphatic carbocycles. The van der Waals surface area contributed by atoms with Crippen molar-refractivity contribution in [3.63, 3.8) is 0 Å². The Morgan fingerprint density at radius 2 is 2.11 bits per heavy atom. The Hall–Kier alpha value is -1.86. The molecule has 0 saturated carbocycles. The van der Waals surface area contributed by atoms with Gasteiger partial charge in [0.05, 0.1) is 7.11 Å². The summed E-state index contributed by atoms with van der Waals surface area (Å²) in [6.07, 6.45) is -5.06. The van der Waals surface area contributed by atoms with Crippen molar-refractivity contribution >= 4 is 11.8 Å². The van der Waals surface area contributed by atoms with Gasteiger partial charge in [0, 0.05) is 13.0 Å². The van der Waals surface area contributed by atoms with Crippen LogP contribution >= 0.6 is 0 Å². The van der Waals surface area contributed by atoms with Gasteiger partial charge in [0.25, 0.3) is 0 Å². The van der Waals surface area contributed by atoms with Crippen molar-refractivity contribution in [1.82, 2.24) is 10.2 Å². The lowest BCUT2D eigenvalue weighted by atomic mass is 10.3. The maximum absolute atomic E-state index is 11.9. The molecule has 1 rings (SSSR count). The lowest BCUT2D eigenvalue weighted by Crippen LogP contribution is -2.12. The lowest BCUT2D eigenvalue weighted by molar-refractivity contribution is -0.134. The number of aromatic nitrogens is 2. The number of esters is 1. The molecule has 0 radical (unpaired) electrons. The fourth-order valence-electron chi connectivity index (χ4n) is 1.15. The average molecular weight is 263 g/mol. The highest BCUT2D eigenvalue weighted by molar-refractivity contribution is 5.86. The van der Waals surface area contributed by atoms with Crippen LogP contribution in [0.15, 0.2) is 12.1 Å². The average Bonchev–Trinajstić information content (AvgIpc) is 2.33. The number of alkyl halides is 3. The molecule has 8 heteroatoms. The molecule has 1 aromatic heterocycles. The van der Waals surface area contributed by atoms with E-state index in [9.17, 15) is 18.0 Å². The fraction of sp³-hybridized carbons (Fsp3) is 0.500. The first-order chi connectivity index (χ1) is 8.42. The number of ether oxygens (including phenoxy) is 1. The van der Waals surface area contributed by atoms with Gasteiger partial charge in [-0.15, -0.1) is 10.2 Å². The second kappa shape index (κ2) is 6.18. The Balaban J connectivity index is 2.38. The minimum atomic E-state index is -4.15. The summed E-state index contributed by atoms with van der Waals surface area (Å²) in [5.41, 5.74) is 0.0401. The summed E-state index contributed by atoms with van der Waals surface area (Å²) < 4.78 is 40.0. The van der Waals surface area contributed by atoms with Crippen LogP contribution in [-0.4, -0.2) is 36.0 Å². The van der Waals surface area contributed by atoms with E-state index in [1.807, 2.05) is 0 Å². The predicted octanol–water partition coefficient (Wildman–Crippen LogP) is 2.02. The molecule has 0 aliphatic heterocycles. The third-order valence-electron chi connectivity index (χ3n) is 2.00. The second-order valence-electron chi connectivity index (χ2n) is 3.44. The molecule has 0 saturated heterocycles. The summed E-state index contributed by atoms with van der Waals surface area (Å²) in [6, 6.07) is 2.83. The zero-order valence-electron chi connectivity index (χ0n) is 9.62. The van der Waals surface area contributed by atoms with E-state index < -0.39 is 18.6 Å². The molecule has 1 aromatic rings. The van der Waals surface area contributed by atoms with Gasteiger partial charge in [-0.3, -0.25) is 0 Å². The Labute approximate surface area is 101 Å². The normalized spacial score (nSPS) is 11.1. The minimum absolute atomic E-state index is 0.0401. The first kappa shape index (κ1) is 14.2. The molecule has 0 atom stereocenters. The second-order valence-corrected chi connectivity index (χ2v) is 3.44. The quantitative estimate of drug-likeness (QED) is 0.650. The van der Waals surface area contributed by atoms with Crippen LogP contribution in [0.3, 0.4) is 0 Å². The van der Waals surface area contributed by atoms with Crippen molar-refractivity contribution in [3.8, 4) is 0 Å². The van der Waals surface area contributed by atoms with Crippen molar-refractivity contribution in [1.29, 1.82) is 0 Å². The number of methoxy groups -OCH3 is 1. The van der Waals surface area contributed by atoms with Gasteiger partial charge in [-0.2, -0.15) is 13.2 Å². The summed E-state index contributed by atoms with van der Waals surface area (Å²) in [6.45, 7) is 0.131. The third kappa shape index (κ3) is 4.98. The van der Waals surface area contributed by atoms with E-state index in [-0.39, 0.29) is 18.7 Å². The van der Waals surface area contributed by atoms with Gasteiger partial charge in [0.1, 0.15) is 5.82 Å². The smallest absolute Gasteiger partial charge is 0.389 e. The van der Waals surface area contributed by atoms with Crippen molar-refractivity contribution in [2.75, 3.05) is 19.0 Å². The number of hydrogen-bond acceptors (Lipinski definition) is 5.